The van der Waals surface area contributed by atoms with E-state index in [1.165, 1.54) is 0 Å². The highest BCUT2D eigenvalue weighted by Crippen LogP contribution is 2.27. The van der Waals surface area contributed by atoms with Crippen LogP contribution in [0.15, 0.2) is 22.7 Å². The Morgan fingerprint density at radius 2 is 2.31 bits per heavy atom. The van der Waals surface area contributed by atoms with Crippen molar-refractivity contribution in [2.24, 2.45) is 0 Å². The van der Waals surface area contributed by atoms with E-state index in [4.69, 9.17) is 21.4 Å². The second-order valence-corrected chi connectivity index (χ2v) is 4.03. The lowest BCUT2D eigenvalue weighted by atomic mass is 10.3. The molecule has 0 heterocycles. The highest BCUT2D eigenvalue weighted by Gasteiger charge is 2.03. The van der Waals surface area contributed by atoms with Crippen LogP contribution in [0.2, 0.25) is 5.02 Å². The molecule has 1 aromatic carbocycles. The second-order valence-electron chi connectivity index (χ2n) is 2.73. The molecule has 0 amide bonds. The minimum absolute atomic E-state index is 0.278. The molecule has 0 aliphatic carbocycles. The summed E-state index contributed by atoms with van der Waals surface area (Å²) in [6.07, 6.45) is -0.470. The maximum atomic E-state index is 8.99. The van der Waals surface area contributed by atoms with Crippen LogP contribution in [0.3, 0.4) is 0 Å². The third-order valence-corrected chi connectivity index (χ3v) is 2.23. The Labute approximate surface area is 90.6 Å². The molecule has 0 saturated heterocycles. The van der Waals surface area contributed by atoms with E-state index in [-0.39, 0.29) is 6.61 Å². The van der Waals surface area contributed by atoms with Crippen molar-refractivity contribution in [1.82, 2.24) is 0 Å². The van der Waals surface area contributed by atoms with Crippen molar-refractivity contribution >= 4 is 27.5 Å². The van der Waals surface area contributed by atoms with Crippen LogP contribution in [0, 0.1) is 0 Å². The van der Waals surface area contributed by atoms with Gasteiger partial charge in [0.2, 0.25) is 0 Å². The molecular formula is C9H10BrClO2. The van der Waals surface area contributed by atoms with Crippen LogP contribution < -0.4 is 4.74 Å². The maximum Gasteiger partial charge on any atom is 0.133 e. The fourth-order valence-electron chi connectivity index (χ4n) is 0.803. The highest BCUT2D eigenvalue weighted by atomic mass is 79.9. The Morgan fingerprint density at radius 3 is 2.85 bits per heavy atom. The number of hydrogen-bond donors (Lipinski definition) is 1. The largest absolute Gasteiger partial charge is 0.490 e. The first-order valence-corrected chi connectivity index (χ1v) is 5.02. The SMILES string of the molecule is CC(O)COc1ccc(Cl)cc1Br. The average Bonchev–Trinajstić information content (AvgIpc) is 2.02. The highest BCUT2D eigenvalue weighted by molar-refractivity contribution is 9.10. The van der Waals surface area contributed by atoms with Gasteiger partial charge in [0.15, 0.2) is 0 Å². The lowest BCUT2D eigenvalue weighted by molar-refractivity contribution is 0.122. The number of aliphatic hydroxyl groups is 1. The molecular weight excluding hydrogens is 255 g/mol. The number of benzene rings is 1. The van der Waals surface area contributed by atoms with Gasteiger partial charge in [-0.15, -0.1) is 0 Å². The van der Waals surface area contributed by atoms with E-state index >= 15 is 0 Å². The van der Waals surface area contributed by atoms with Gasteiger partial charge in [-0.3, -0.25) is 0 Å². The van der Waals surface area contributed by atoms with Gasteiger partial charge in [-0.25, -0.2) is 0 Å². The Balaban J connectivity index is 2.67. The summed E-state index contributed by atoms with van der Waals surface area (Å²) in [6, 6.07) is 5.25. The summed E-state index contributed by atoms with van der Waals surface area (Å²) < 4.78 is 6.09. The van der Waals surface area contributed by atoms with Gasteiger partial charge in [-0.05, 0) is 41.1 Å². The molecule has 0 aromatic heterocycles. The summed E-state index contributed by atoms with van der Waals surface area (Å²) in [6.45, 7) is 1.95. The molecule has 0 spiro atoms. The smallest absolute Gasteiger partial charge is 0.133 e. The Kier molecular flexibility index (Phi) is 4.03. The number of ether oxygens (including phenoxy) is 1. The van der Waals surface area contributed by atoms with Crippen LogP contribution in [-0.2, 0) is 0 Å². The fraction of sp³-hybridized carbons (Fsp3) is 0.333. The molecule has 1 aromatic rings. The summed E-state index contributed by atoms with van der Waals surface area (Å²) in [4.78, 5) is 0. The Bertz CT molecular complexity index is 289. The minimum Gasteiger partial charge on any atom is -0.490 e. The summed E-state index contributed by atoms with van der Waals surface area (Å²) in [5.41, 5.74) is 0. The fourth-order valence-corrected chi connectivity index (χ4v) is 1.60. The molecule has 1 atom stereocenters. The van der Waals surface area contributed by atoms with Gasteiger partial charge in [-0.2, -0.15) is 0 Å². The molecule has 72 valence electrons. The summed E-state index contributed by atoms with van der Waals surface area (Å²) >= 11 is 9.05. The van der Waals surface area contributed by atoms with E-state index in [9.17, 15) is 0 Å². The molecule has 1 N–H and O–H groups in total. The monoisotopic (exact) mass is 264 g/mol. The summed E-state index contributed by atoms with van der Waals surface area (Å²) in [5.74, 6) is 0.685. The predicted molar refractivity (Wildman–Crippen MR) is 56.3 cm³/mol. The molecule has 0 radical (unpaired) electrons. The zero-order valence-electron chi connectivity index (χ0n) is 7.13. The van der Waals surface area contributed by atoms with E-state index in [1.807, 2.05) is 0 Å². The minimum atomic E-state index is -0.470. The quantitative estimate of drug-likeness (QED) is 0.911. The normalized spacial score (nSPS) is 12.6. The van der Waals surface area contributed by atoms with Crippen molar-refractivity contribution in [3.8, 4) is 5.75 Å². The molecule has 0 aliphatic heterocycles. The third-order valence-electron chi connectivity index (χ3n) is 1.37. The van der Waals surface area contributed by atoms with Crippen molar-refractivity contribution in [3.05, 3.63) is 27.7 Å². The standard InChI is InChI=1S/C9H10BrClO2/c1-6(12)5-13-9-3-2-7(11)4-8(9)10/h2-4,6,12H,5H2,1H3. The Hall–Kier alpha value is -0.250. The number of halogens is 2. The van der Waals surface area contributed by atoms with Gasteiger partial charge in [0.05, 0.1) is 10.6 Å². The van der Waals surface area contributed by atoms with E-state index < -0.39 is 6.10 Å². The molecule has 0 aliphatic rings. The molecule has 13 heavy (non-hydrogen) atoms. The average molecular weight is 266 g/mol. The third kappa shape index (κ3) is 3.55. The molecule has 0 saturated carbocycles. The van der Waals surface area contributed by atoms with Crippen LogP contribution in [-0.4, -0.2) is 17.8 Å². The lowest BCUT2D eigenvalue weighted by Gasteiger charge is -2.09. The van der Waals surface area contributed by atoms with Crippen LogP contribution in [0.1, 0.15) is 6.92 Å². The number of hydrogen-bond acceptors (Lipinski definition) is 2. The van der Waals surface area contributed by atoms with Crippen molar-refractivity contribution in [1.29, 1.82) is 0 Å². The second kappa shape index (κ2) is 4.84. The van der Waals surface area contributed by atoms with Crippen LogP contribution in [0.4, 0.5) is 0 Å². The molecule has 0 bridgehead atoms. The van der Waals surface area contributed by atoms with Gasteiger partial charge in [0.1, 0.15) is 12.4 Å². The summed E-state index contributed by atoms with van der Waals surface area (Å²) in [7, 11) is 0. The lowest BCUT2D eigenvalue weighted by Crippen LogP contribution is -2.12. The predicted octanol–water partition coefficient (Wildman–Crippen LogP) is 2.86. The molecule has 1 rings (SSSR count). The zero-order chi connectivity index (χ0) is 9.84. The van der Waals surface area contributed by atoms with E-state index in [0.29, 0.717) is 10.8 Å². The first-order chi connectivity index (χ1) is 6.09. The van der Waals surface area contributed by atoms with Crippen molar-refractivity contribution < 1.29 is 9.84 Å². The van der Waals surface area contributed by atoms with E-state index in [0.717, 1.165) is 4.47 Å². The van der Waals surface area contributed by atoms with Crippen molar-refractivity contribution in [2.75, 3.05) is 6.61 Å². The molecule has 0 fully saturated rings. The van der Waals surface area contributed by atoms with Gasteiger partial charge >= 0.3 is 0 Å². The van der Waals surface area contributed by atoms with Crippen LogP contribution in [0.5, 0.6) is 5.75 Å². The molecule has 1 unspecified atom stereocenters. The number of aliphatic hydroxyl groups excluding tert-OH is 1. The first kappa shape index (κ1) is 10.8. The van der Waals surface area contributed by atoms with E-state index in [2.05, 4.69) is 15.9 Å². The van der Waals surface area contributed by atoms with Crippen molar-refractivity contribution in [3.63, 3.8) is 0 Å². The van der Waals surface area contributed by atoms with E-state index in [1.54, 1.807) is 25.1 Å². The van der Waals surface area contributed by atoms with Gasteiger partial charge < -0.3 is 9.84 Å². The van der Waals surface area contributed by atoms with Gasteiger partial charge in [0, 0.05) is 5.02 Å². The van der Waals surface area contributed by atoms with Crippen LogP contribution >= 0.6 is 27.5 Å². The van der Waals surface area contributed by atoms with Gasteiger partial charge in [0.25, 0.3) is 0 Å². The molecule has 2 nitrogen and oxygen atoms in total. The Morgan fingerprint density at radius 1 is 1.62 bits per heavy atom. The van der Waals surface area contributed by atoms with Crippen molar-refractivity contribution in [2.45, 2.75) is 13.0 Å². The van der Waals surface area contributed by atoms with Crippen LogP contribution in [0.25, 0.3) is 0 Å². The zero-order valence-corrected chi connectivity index (χ0v) is 9.47. The maximum absolute atomic E-state index is 8.99. The summed E-state index contributed by atoms with van der Waals surface area (Å²) in [5, 5.41) is 9.64. The number of rotatable bonds is 3. The molecule has 4 heteroatoms. The first-order valence-electron chi connectivity index (χ1n) is 3.85. The topological polar surface area (TPSA) is 29.5 Å². The van der Waals surface area contributed by atoms with Gasteiger partial charge in [-0.1, -0.05) is 11.6 Å².